The van der Waals surface area contributed by atoms with Gasteiger partial charge in [0.1, 0.15) is 12.4 Å². The Morgan fingerprint density at radius 2 is 1.97 bits per heavy atom. The summed E-state index contributed by atoms with van der Waals surface area (Å²) in [5.74, 6) is 0.887. The number of likely N-dealkylation sites (N-methyl/N-ethyl adjacent to an activating group) is 1. The Morgan fingerprint density at radius 3 is 2.76 bits per heavy atom. The highest BCUT2D eigenvalue weighted by atomic mass is 19.1. The fraction of sp³-hybridized carbons (Fsp3) is 0.444. The second-order valence-electron chi connectivity index (χ2n) is 9.38. The van der Waals surface area contributed by atoms with Crippen LogP contribution in [0.25, 0.3) is 22.2 Å². The normalized spacial score (nSPS) is 22.2. The number of fused-ring (bicyclic) bond motifs is 2. The van der Waals surface area contributed by atoms with E-state index in [-0.39, 0.29) is 5.75 Å². The van der Waals surface area contributed by atoms with Crippen molar-refractivity contribution in [1.29, 1.82) is 0 Å². The van der Waals surface area contributed by atoms with Crippen molar-refractivity contribution in [3.63, 3.8) is 0 Å². The van der Waals surface area contributed by atoms with E-state index in [9.17, 15) is 0 Å². The molecule has 3 heterocycles. The Morgan fingerprint density at radius 1 is 1.15 bits per heavy atom. The molecule has 3 aromatic rings. The van der Waals surface area contributed by atoms with E-state index in [1.807, 2.05) is 37.4 Å². The van der Waals surface area contributed by atoms with E-state index < -0.39 is 12.9 Å². The molecule has 2 aromatic carbocycles. The minimum atomic E-state index is -2.76. The lowest BCUT2D eigenvalue weighted by atomic mass is 9.89. The van der Waals surface area contributed by atoms with Gasteiger partial charge in [-0.3, -0.25) is 0 Å². The van der Waals surface area contributed by atoms with Crippen molar-refractivity contribution in [2.75, 3.05) is 65.4 Å². The number of hydrogen-bond donors (Lipinski definition) is 1. The van der Waals surface area contributed by atoms with Crippen molar-refractivity contribution in [3.8, 4) is 22.8 Å². The zero-order chi connectivity index (χ0) is 26.2. The highest BCUT2D eigenvalue weighted by Crippen LogP contribution is 2.39. The highest BCUT2D eigenvalue weighted by Gasteiger charge is 2.36. The predicted octanol–water partition coefficient (Wildman–Crippen LogP) is 4.04. The molecule has 0 aliphatic carbocycles. The Kier molecular flexibility index (Phi) is 5.57. The van der Waals surface area contributed by atoms with Crippen LogP contribution in [0, 0.1) is 17.7 Å². The monoisotopic (exact) mass is 467 g/mol. The topological polar surface area (TPSA) is 49.9 Å². The second kappa shape index (κ2) is 9.76. The highest BCUT2D eigenvalue weighted by molar-refractivity contribution is 5.95. The van der Waals surface area contributed by atoms with E-state index in [1.165, 1.54) is 12.1 Å². The van der Waals surface area contributed by atoms with Gasteiger partial charge in [-0.2, -0.15) is 0 Å². The lowest BCUT2D eigenvalue weighted by Gasteiger charge is -2.31. The SMILES string of the molecule is [2H]C([2H])([2H])Oc1cc2nc(-c3ccc(OCCNC)cc3)cc(N3C[C@H]4CN(C)CC[C@H]4C3)c2cc1F. The number of pyridine rings is 1. The summed E-state index contributed by atoms with van der Waals surface area (Å²) < 4.78 is 47.9. The summed E-state index contributed by atoms with van der Waals surface area (Å²) in [6.07, 6.45) is 1.15. The lowest BCUT2D eigenvalue weighted by molar-refractivity contribution is 0.178. The van der Waals surface area contributed by atoms with Crippen LogP contribution in [0.15, 0.2) is 42.5 Å². The molecule has 2 aliphatic heterocycles. The predicted molar refractivity (Wildman–Crippen MR) is 134 cm³/mol. The van der Waals surface area contributed by atoms with Gasteiger partial charge in [-0.15, -0.1) is 0 Å². The first-order valence-corrected chi connectivity index (χ1v) is 11.8. The van der Waals surface area contributed by atoms with Gasteiger partial charge in [0.05, 0.1) is 22.4 Å². The van der Waals surface area contributed by atoms with Crippen LogP contribution in [0.5, 0.6) is 11.5 Å². The standard InChI is InChI=1S/C27H33FN4O2/c1-29-9-11-34-21-6-4-18(5-7-21)24-13-26(22-12-23(28)27(33-3)14-25(22)30-24)32-16-19-8-10-31(2)15-20(19)17-32/h4-7,12-14,19-20,29H,8-11,15-17H2,1-3H3/t19-,20+/m0/s1/i3D3. The first kappa shape index (κ1) is 19.4. The van der Waals surface area contributed by atoms with Gasteiger partial charge in [0.25, 0.3) is 0 Å². The molecule has 2 atom stereocenters. The third-order valence-electron chi connectivity index (χ3n) is 7.07. The van der Waals surface area contributed by atoms with Gasteiger partial charge < -0.3 is 24.6 Å². The van der Waals surface area contributed by atoms with E-state index in [0.717, 1.165) is 61.8 Å². The Labute approximate surface area is 204 Å². The first-order chi connectivity index (χ1) is 17.7. The third kappa shape index (κ3) is 4.55. The summed E-state index contributed by atoms with van der Waals surface area (Å²) >= 11 is 0. The quantitative estimate of drug-likeness (QED) is 0.530. The molecule has 1 N–H and O–H groups in total. The van der Waals surface area contributed by atoms with Crippen LogP contribution in [0.2, 0.25) is 0 Å². The van der Waals surface area contributed by atoms with Crippen molar-refractivity contribution in [2.24, 2.45) is 11.8 Å². The van der Waals surface area contributed by atoms with Crippen molar-refractivity contribution >= 4 is 16.6 Å². The fourth-order valence-electron chi connectivity index (χ4n) is 5.24. The van der Waals surface area contributed by atoms with Crippen LogP contribution in [0.3, 0.4) is 0 Å². The molecule has 0 spiro atoms. The van der Waals surface area contributed by atoms with Crippen LogP contribution in [-0.2, 0) is 0 Å². The maximum absolute atomic E-state index is 15.0. The molecule has 0 saturated carbocycles. The van der Waals surface area contributed by atoms with E-state index in [2.05, 4.69) is 22.2 Å². The molecule has 6 nitrogen and oxygen atoms in total. The maximum atomic E-state index is 15.0. The van der Waals surface area contributed by atoms with Gasteiger partial charge in [0, 0.05) is 48.9 Å². The van der Waals surface area contributed by atoms with Crippen LogP contribution in [-0.4, -0.2) is 70.3 Å². The van der Waals surface area contributed by atoms with E-state index in [4.69, 9.17) is 18.6 Å². The van der Waals surface area contributed by atoms with Crippen molar-refractivity contribution in [3.05, 3.63) is 48.3 Å². The van der Waals surface area contributed by atoms with Crippen LogP contribution >= 0.6 is 0 Å². The molecule has 2 aliphatic rings. The number of methoxy groups -OCH3 is 1. The van der Waals surface area contributed by atoms with Gasteiger partial charge in [-0.05, 0) is 75.3 Å². The third-order valence-corrected chi connectivity index (χ3v) is 7.07. The molecule has 0 radical (unpaired) electrons. The van der Waals surface area contributed by atoms with Crippen LogP contribution < -0.4 is 19.7 Å². The number of nitrogens with zero attached hydrogens (tertiary/aromatic N) is 3. The molecular formula is C27H33FN4O2. The molecule has 5 rings (SSSR count). The summed E-state index contributed by atoms with van der Waals surface area (Å²) in [6, 6.07) is 12.5. The number of anilines is 1. The molecule has 7 heteroatoms. The first-order valence-electron chi connectivity index (χ1n) is 13.3. The van der Waals surface area contributed by atoms with Crippen molar-refractivity contribution < 1.29 is 18.0 Å². The van der Waals surface area contributed by atoms with Gasteiger partial charge >= 0.3 is 0 Å². The Bertz CT molecular complexity index is 1260. The number of likely N-dealkylation sites (tertiary alicyclic amines) is 1. The smallest absolute Gasteiger partial charge is 0.165 e. The molecule has 34 heavy (non-hydrogen) atoms. The lowest BCUT2D eigenvalue weighted by Crippen LogP contribution is -2.37. The Hall–Kier alpha value is -2.90. The molecule has 180 valence electrons. The van der Waals surface area contributed by atoms with Gasteiger partial charge in [0.15, 0.2) is 11.6 Å². The van der Waals surface area contributed by atoms with Gasteiger partial charge in [0.2, 0.25) is 0 Å². The average Bonchev–Trinajstić information content (AvgIpc) is 3.27. The Balaban J connectivity index is 1.54. The summed E-state index contributed by atoms with van der Waals surface area (Å²) in [5.41, 5.74) is 3.02. The van der Waals surface area contributed by atoms with E-state index in [1.54, 1.807) is 0 Å². The number of rotatable bonds is 7. The number of aromatic nitrogens is 1. The minimum Gasteiger partial charge on any atom is -0.494 e. The molecule has 2 fully saturated rings. The average molecular weight is 468 g/mol. The van der Waals surface area contributed by atoms with Gasteiger partial charge in [-0.25, -0.2) is 9.37 Å². The van der Waals surface area contributed by atoms with E-state index in [0.29, 0.717) is 29.3 Å². The fourth-order valence-corrected chi connectivity index (χ4v) is 5.24. The van der Waals surface area contributed by atoms with Crippen LogP contribution in [0.4, 0.5) is 10.1 Å². The molecule has 0 bridgehead atoms. The summed E-state index contributed by atoms with van der Waals surface area (Å²) in [6.45, 7) is 5.26. The number of benzene rings is 2. The molecule has 0 amide bonds. The van der Waals surface area contributed by atoms with Gasteiger partial charge in [-0.1, -0.05) is 0 Å². The molecular weight excluding hydrogens is 431 g/mol. The van der Waals surface area contributed by atoms with Crippen molar-refractivity contribution in [1.82, 2.24) is 15.2 Å². The molecule has 1 aromatic heterocycles. The molecule has 2 saturated heterocycles. The largest absolute Gasteiger partial charge is 0.494 e. The zero-order valence-electron chi connectivity index (χ0n) is 22.7. The second-order valence-corrected chi connectivity index (χ2v) is 9.38. The zero-order valence-corrected chi connectivity index (χ0v) is 19.7. The minimum absolute atomic E-state index is 0.326. The number of piperidine rings is 1. The number of hydrogen-bond acceptors (Lipinski definition) is 6. The van der Waals surface area contributed by atoms with Crippen molar-refractivity contribution in [2.45, 2.75) is 6.42 Å². The van der Waals surface area contributed by atoms with E-state index >= 15 is 4.39 Å². The number of halogens is 1. The number of ether oxygens (including phenoxy) is 2. The number of nitrogens with one attached hydrogen (secondary N) is 1. The summed E-state index contributed by atoms with van der Waals surface area (Å²) in [7, 11) is 1.28. The summed E-state index contributed by atoms with van der Waals surface area (Å²) in [4.78, 5) is 9.51. The van der Waals surface area contributed by atoms with Crippen LogP contribution in [0.1, 0.15) is 10.5 Å². The maximum Gasteiger partial charge on any atom is 0.165 e. The molecule has 0 unspecified atom stereocenters. The summed E-state index contributed by atoms with van der Waals surface area (Å²) in [5, 5.41) is 3.71.